The number of urea groups is 1. The number of halogens is 1. The maximum atomic E-state index is 13.2. The van der Waals surface area contributed by atoms with Gasteiger partial charge >= 0.3 is 6.03 Å². The van der Waals surface area contributed by atoms with Crippen molar-refractivity contribution in [2.45, 2.75) is 12.5 Å². The third-order valence-electron chi connectivity index (χ3n) is 5.09. The Balaban J connectivity index is 1.80. The summed E-state index contributed by atoms with van der Waals surface area (Å²) in [5.41, 5.74) is 1.32. The highest BCUT2D eigenvalue weighted by Crippen LogP contribution is 2.27. The molecule has 3 rings (SSSR count). The van der Waals surface area contributed by atoms with Gasteiger partial charge in [-0.05, 0) is 35.7 Å². The number of nitrogens with one attached hydrogen (secondary N) is 2. The number of rotatable bonds is 7. The van der Waals surface area contributed by atoms with Crippen LogP contribution in [0.15, 0.2) is 61.4 Å². The summed E-state index contributed by atoms with van der Waals surface area (Å²) >= 11 is 6.10. The van der Waals surface area contributed by atoms with Gasteiger partial charge in [0.15, 0.2) is 0 Å². The third-order valence-corrected chi connectivity index (χ3v) is 5.32. The van der Waals surface area contributed by atoms with Gasteiger partial charge in [0.1, 0.15) is 12.3 Å². The van der Waals surface area contributed by atoms with Crippen LogP contribution in [0.25, 0.3) is 0 Å². The highest BCUT2D eigenvalue weighted by atomic mass is 35.5. The van der Waals surface area contributed by atoms with E-state index in [4.69, 9.17) is 16.3 Å². The van der Waals surface area contributed by atoms with Gasteiger partial charge in [-0.3, -0.25) is 14.5 Å². The van der Waals surface area contributed by atoms with Crippen molar-refractivity contribution < 1.29 is 24.2 Å². The van der Waals surface area contributed by atoms with Gasteiger partial charge in [-0.15, -0.1) is 0 Å². The number of nitrogens with zero attached hydrogens (tertiary/aromatic N) is 1. The fourth-order valence-corrected chi connectivity index (χ4v) is 3.67. The molecule has 8 nitrogen and oxygen atoms in total. The fourth-order valence-electron chi connectivity index (χ4n) is 3.48. The van der Waals surface area contributed by atoms with Crippen LogP contribution in [0.4, 0.5) is 4.79 Å². The van der Waals surface area contributed by atoms with Crippen LogP contribution in [-0.2, 0) is 16.0 Å². The Morgan fingerprint density at radius 1 is 1.31 bits per heavy atom. The average Bonchev–Trinajstić information content (AvgIpc) is 2.93. The Bertz CT molecular complexity index is 998. The van der Waals surface area contributed by atoms with Crippen LogP contribution < -0.4 is 15.4 Å². The second-order valence-electron chi connectivity index (χ2n) is 7.26. The van der Waals surface area contributed by atoms with Gasteiger partial charge in [0.05, 0.1) is 24.8 Å². The molecular formula is C23H24ClN3O5. The second kappa shape index (κ2) is 10.8. The van der Waals surface area contributed by atoms with E-state index in [1.807, 2.05) is 6.07 Å². The first-order valence-corrected chi connectivity index (χ1v) is 10.4. The summed E-state index contributed by atoms with van der Waals surface area (Å²) in [5, 5.41) is 15.5. The number of carbonyl (C=O) groups excluding carboxylic acids is 3. The van der Waals surface area contributed by atoms with E-state index in [9.17, 15) is 19.5 Å². The monoisotopic (exact) mass is 457 g/mol. The topological polar surface area (TPSA) is 108 Å². The van der Waals surface area contributed by atoms with Crippen LogP contribution in [0, 0.1) is 5.92 Å². The van der Waals surface area contributed by atoms with Crippen LogP contribution in [0.2, 0.25) is 5.02 Å². The Kier molecular flexibility index (Phi) is 7.86. The first kappa shape index (κ1) is 23.3. The molecule has 0 aromatic heterocycles. The molecule has 9 heteroatoms. The minimum atomic E-state index is -0.756. The number of carbonyl (C=O) groups is 3. The number of aliphatic hydroxyl groups excluding tert-OH is 1. The van der Waals surface area contributed by atoms with Crippen LogP contribution in [-0.4, -0.2) is 47.5 Å². The zero-order valence-corrected chi connectivity index (χ0v) is 18.0. The molecule has 1 unspecified atom stereocenters. The molecule has 0 saturated carbocycles. The van der Waals surface area contributed by atoms with E-state index in [2.05, 4.69) is 17.2 Å². The van der Waals surface area contributed by atoms with Crippen molar-refractivity contribution in [3.8, 4) is 5.75 Å². The van der Waals surface area contributed by atoms with E-state index in [0.717, 1.165) is 4.90 Å². The second-order valence-corrected chi connectivity index (χ2v) is 7.70. The lowest BCUT2D eigenvalue weighted by Crippen LogP contribution is -2.49. The van der Waals surface area contributed by atoms with Gasteiger partial charge < -0.3 is 20.5 Å². The molecule has 2 aromatic carbocycles. The predicted molar refractivity (Wildman–Crippen MR) is 119 cm³/mol. The van der Waals surface area contributed by atoms with Crippen molar-refractivity contribution in [3.63, 3.8) is 0 Å². The van der Waals surface area contributed by atoms with Gasteiger partial charge in [-0.25, -0.2) is 4.79 Å². The van der Waals surface area contributed by atoms with Gasteiger partial charge in [-0.2, -0.15) is 0 Å². The van der Waals surface area contributed by atoms with Crippen LogP contribution in [0.1, 0.15) is 17.2 Å². The molecular weight excluding hydrogens is 434 g/mol. The van der Waals surface area contributed by atoms with Crippen molar-refractivity contribution in [2.75, 3.05) is 19.7 Å². The lowest BCUT2D eigenvalue weighted by atomic mass is 9.97. The van der Waals surface area contributed by atoms with Crippen LogP contribution >= 0.6 is 11.6 Å². The third kappa shape index (κ3) is 5.66. The molecule has 1 heterocycles. The SMILES string of the molecule is C=COc1ccc(Cl)cc1CC1CNC(=O)CN(C(=O)N[C@H](CO)c2ccccc2)C1=O. The highest BCUT2D eigenvalue weighted by molar-refractivity contribution is 6.30. The van der Waals surface area contributed by atoms with E-state index in [0.29, 0.717) is 21.9 Å². The fraction of sp³-hybridized carbons (Fsp3) is 0.261. The normalized spacial score (nSPS) is 17.2. The van der Waals surface area contributed by atoms with E-state index >= 15 is 0 Å². The van der Waals surface area contributed by atoms with E-state index in [1.54, 1.807) is 42.5 Å². The lowest BCUT2D eigenvalue weighted by Gasteiger charge is -2.25. The molecule has 0 bridgehead atoms. The molecule has 168 valence electrons. The van der Waals surface area contributed by atoms with Gasteiger partial charge in [-0.1, -0.05) is 48.5 Å². The summed E-state index contributed by atoms with van der Waals surface area (Å²) in [7, 11) is 0. The van der Waals surface area contributed by atoms with E-state index < -0.39 is 36.3 Å². The first-order chi connectivity index (χ1) is 15.4. The summed E-state index contributed by atoms with van der Waals surface area (Å²) in [6.07, 6.45) is 1.45. The van der Waals surface area contributed by atoms with E-state index in [1.165, 1.54) is 6.26 Å². The zero-order valence-electron chi connectivity index (χ0n) is 17.3. The number of ether oxygens (including phenoxy) is 1. The Hall–Kier alpha value is -3.36. The summed E-state index contributed by atoms with van der Waals surface area (Å²) in [4.78, 5) is 39.2. The number of hydrogen-bond acceptors (Lipinski definition) is 5. The van der Waals surface area contributed by atoms with E-state index in [-0.39, 0.29) is 19.6 Å². The minimum Gasteiger partial charge on any atom is -0.465 e. The van der Waals surface area contributed by atoms with Gasteiger partial charge in [0, 0.05) is 11.6 Å². The largest absolute Gasteiger partial charge is 0.465 e. The molecule has 0 aliphatic carbocycles. The summed E-state index contributed by atoms with van der Waals surface area (Å²) in [5.74, 6) is -1.21. The Morgan fingerprint density at radius 2 is 2.06 bits per heavy atom. The van der Waals surface area contributed by atoms with Crippen molar-refractivity contribution in [3.05, 3.63) is 77.5 Å². The van der Waals surface area contributed by atoms with Crippen molar-refractivity contribution in [1.29, 1.82) is 0 Å². The molecule has 1 aliphatic heterocycles. The van der Waals surface area contributed by atoms with Crippen LogP contribution in [0.3, 0.4) is 0 Å². The van der Waals surface area contributed by atoms with Gasteiger partial charge in [0.2, 0.25) is 11.8 Å². The molecule has 1 fully saturated rings. The number of hydrogen-bond donors (Lipinski definition) is 3. The molecule has 1 aliphatic rings. The minimum absolute atomic E-state index is 0.0591. The molecule has 4 amide bonds. The van der Waals surface area contributed by atoms with Crippen molar-refractivity contribution in [1.82, 2.24) is 15.5 Å². The average molecular weight is 458 g/mol. The maximum Gasteiger partial charge on any atom is 0.325 e. The molecule has 2 aromatic rings. The smallest absolute Gasteiger partial charge is 0.325 e. The number of aliphatic hydroxyl groups is 1. The Morgan fingerprint density at radius 3 is 2.75 bits per heavy atom. The quantitative estimate of drug-likeness (QED) is 0.553. The zero-order chi connectivity index (χ0) is 23.1. The summed E-state index contributed by atoms with van der Waals surface area (Å²) < 4.78 is 5.40. The summed E-state index contributed by atoms with van der Waals surface area (Å²) in [6.45, 7) is 2.82. The van der Waals surface area contributed by atoms with Crippen molar-refractivity contribution in [2.24, 2.45) is 5.92 Å². The molecule has 32 heavy (non-hydrogen) atoms. The lowest BCUT2D eigenvalue weighted by molar-refractivity contribution is -0.133. The molecule has 1 saturated heterocycles. The van der Waals surface area contributed by atoms with Crippen LogP contribution in [0.5, 0.6) is 5.75 Å². The number of imide groups is 1. The van der Waals surface area contributed by atoms with Crippen molar-refractivity contribution >= 4 is 29.4 Å². The number of benzene rings is 2. The maximum absolute atomic E-state index is 13.2. The number of amides is 4. The first-order valence-electron chi connectivity index (χ1n) is 10.0. The highest BCUT2D eigenvalue weighted by Gasteiger charge is 2.35. The Labute approximate surface area is 190 Å². The molecule has 0 radical (unpaired) electrons. The standard InChI is InChI=1S/C23H24ClN3O5/c1-2-32-20-9-8-18(24)11-16(20)10-17-12-25-21(29)13-27(22(17)30)23(31)26-19(14-28)15-6-4-3-5-7-15/h2-9,11,17,19,28H,1,10,12-14H2,(H,25,29)(H,26,31)/t17?,19-/m1/s1. The molecule has 3 N–H and O–H groups in total. The molecule has 2 atom stereocenters. The predicted octanol–water partition coefficient (Wildman–Crippen LogP) is 2.42. The molecule has 0 spiro atoms. The summed E-state index contributed by atoms with van der Waals surface area (Å²) in [6, 6.07) is 12.4. The van der Waals surface area contributed by atoms with Gasteiger partial charge in [0.25, 0.3) is 0 Å².